The maximum Gasteiger partial charge on any atom is 0.252 e. The van der Waals surface area contributed by atoms with Crippen molar-refractivity contribution >= 4 is 23.3 Å². The summed E-state index contributed by atoms with van der Waals surface area (Å²) in [6, 6.07) is 1.39. The van der Waals surface area contributed by atoms with Crippen LogP contribution in [0.4, 0.5) is 5.82 Å². The molecule has 1 aromatic rings. The Labute approximate surface area is 121 Å². The number of nitrogens with two attached hydrogens (primary N) is 1. The van der Waals surface area contributed by atoms with Crippen molar-refractivity contribution in [2.24, 2.45) is 5.73 Å². The van der Waals surface area contributed by atoms with Crippen molar-refractivity contribution in [3.8, 4) is 0 Å². The van der Waals surface area contributed by atoms with Crippen LogP contribution in [0.1, 0.15) is 23.2 Å². The molecule has 0 unspecified atom stereocenters. The van der Waals surface area contributed by atoms with E-state index in [0.717, 1.165) is 12.8 Å². The first-order valence-electron chi connectivity index (χ1n) is 6.26. The molecular formula is C12H17ClN4O3. The molecule has 1 saturated heterocycles. The Hall–Kier alpha value is -1.44. The summed E-state index contributed by atoms with van der Waals surface area (Å²) in [6.07, 6.45) is 1.53. The second-order valence-electron chi connectivity index (χ2n) is 4.65. The summed E-state index contributed by atoms with van der Waals surface area (Å²) >= 11 is 5.71. The fraction of sp³-hybridized carbons (Fsp3) is 0.583. The van der Waals surface area contributed by atoms with Gasteiger partial charge in [-0.25, -0.2) is 0 Å². The number of nitrogens with zero attached hydrogens (tertiary/aromatic N) is 2. The lowest BCUT2D eigenvalue weighted by molar-refractivity contribution is -0.0807. The lowest BCUT2D eigenvalue weighted by Gasteiger charge is -2.36. The molecular weight excluding hydrogens is 284 g/mol. The number of anilines is 1. The van der Waals surface area contributed by atoms with Crippen LogP contribution in [0.2, 0.25) is 5.15 Å². The average molecular weight is 301 g/mol. The molecule has 0 bridgehead atoms. The molecule has 0 radical (unpaired) electrons. The van der Waals surface area contributed by atoms with Gasteiger partial charge in [-0.15, -0.1) is 10.2 Å². The molecule has 0 atom stereocenters. The van der Waals surface area contributed by atoms with Gasteiger partial charge in [0.15, 0.2) is 11.0 Å². The van der Waals surface area contributed by atoms with Gasteiger partial charge in [0.2, 0.25) is 0 Å². The number of halogens is 1. The van der Waals surface area contributed by atoms with E-state index in [1.807, 2.05) is 0 Å². The smallest absolute Gasteiger partial charge is 0.252 e. The molecule has 0 saturated carbocycles. The van der Waals surface area contributed by atoms with Gasteiger partial charge in [-0.1, -0.05) is 11.6 Å². The van der Waals surface area contributed by atoms with E-state index in [1.165, 1.54) is 6.07 Å². The predicted molar refractivity (Wildman–Crippen MR) is 73.8 cm³/mol. The summed E-state index contributed by atoms with van der Waals surface area (Å²) in [5, 5.41) is 10.8. The van der Waals surface area contributed by atoms with E-state index in [1.54, 1.807) is 7.11 Å². The van der Waals surface area contributed by atoms with Crippen molar-refractivity contribution in [1.82, 2.24) is 10.2 Å². The SMILES string of the molecule is COC1(CNc2nnc(Cl)cc2C(N)=O)CCOCC1. The largest absolute Gasteiger partial charge is 0.381 e. The maximum atomic E-state index is 11.4. The Balaban J connectivity index is 2.11. The molecule has 20 heavy (non-hydrogen) atoms. The molecule has 7 nitrogen and oxygen atoms in total. The van der Waals surface area contributed by atoms with Gasteiger partial charge in [0.05, 0.1) is 11.2 Å². The number of aromatic nitrogens is 2. The molecule has 1 amide bonds. The van der Waals surface area contributed by atoms with Crippen LogP contribution in [0.3, 0.4) is 0 Å². The van der Waals surface area contributed by atoms with E-state index in [-0.39, 0.29) is 16.3 Å². The third-order valence-electron chi connectivity index (χ3n) is 3.44. The van der Waals surface area contributed by atoms with Gasteiger partial charge in [0, 0.05) is 39.7 Å². The van der Waals surface area contributed by atoms with Crippen LogP contribution in [0.5, 0.6) is 0 Å². The van der Waals surface area contributed by atoms with E-state index in [9.17, 15) is 4.79 Å². The maximum absolute atomic E-state index is 11.4. The summed E-state index contributed by atoms with van der Waals surface area (Å²) in [4.78, 5) is 11.4. The van der Waals surface area contributed by atoms with Crippen molar-refractivity contribution in [2.75, 3.05) is 32.2 Å². The summed E-state index contributed by atoms with van der Waals surface area (Å²) in [6.45, 7) is 1.78. The second kappa shape index (κ2) is 6.34. The molecule has 110 valence electrons. The van der Waals surface area contributed by atoms with Crippen molar-refractivity contribution < 1.29 is 14.3 Å². The number of carbonyl (C=O) groups excluding carboxylic acids is 1. The zero-order valence-electron chi connectivity index (χ0n) is 11.2. The number of hydrogen-bond donors (Lipinski definition) is 2. The van der Waals surface area contributed by atoms with Crippen LogP contribution in [-0.4, -0.2) is 48.6 Å². The topological polar surface area (TPSA) is 99.4 Å². The van der Waals surface area contributed by atoms with Crippen molar-refractivity contribution in [1.29, 1.82) is 0 Å². The zero-order valence-corrected chi connectivity index (χ0v) is 11.9. The van der Waals surface area contributed by atoms with Gasteiger partial charge in [-0.3, -0.25) is 4.79 Å². The molecule has 1 fully saturated rings. The quantitative estimate of drug-likeness (QED) is 0.836. The minimum Gasteiger partial charge on any atom is -0.381 e. The van der Waals surface area contributed by atoms with Gasteiger partial charge in [-0.2, -0.15) is 0 Å². The minimum atomic E-state index is -0.609. The molecule has 1 aliphatic rings. The number of methoxy groups -OCH3 is 1. The van der Waals surface area contributed by atoms with Crippen LogP contribution >= 0.6 is 11.6 Å². The molecule has 0 spiro atoms. The first-order chi connectivity index (χ1) is 9.56. The van der Waals surface area contributed by atoms with Crippen LogP contribution in [0.25, 0.3) is 0 Å². The van der Waals surface area contributed by atoms with E-state index in [0.29, 0.717) is 25.6 Å². The number of carbonyl (C=O) groups is 1. The minimum absolute atomic E-state index is 0.122. The molecule has 8 heteroatoms. The van der Waals surface area contributed by atoms with Crippen LogP contribution in [0, 0.1) is 0 Å². The van der Waals surface area contributed by atoms with Crippen molar-refractivity contribution in [2.45, 2.75) is 18.4 Å². The lowest BCUT2D eigenvalue weighted by atomic mass is 9.94. The lowest BCUT2D eigenvalue weighted by Crippen LogP contribution is -2.44. The highest BCUT2D eigenvalue weighted by Gasteiger charge is 2.32. The van der Waals surface area contributed by atoms with Gasteiger partial charge in [0.1, 0.15) is 0 Å². The second-order valence-corrected chi connectivity index (χ2v) is 5.03. The molecule has 0 aliphatic carbocycles. The van der Waals surface area contributed by atoms with Crippen LogP contribution < -0.4 is 11.1 Å². The highest BCUT2D eigenvalue weighted by molar-refractivity contribution is 6.29. The summed E-state index contributed by atoms with van der Waals surface area (Å²) in [5.74, 6) is -0.299. The Morgan fingerprint density at radius 2 is 2.25 bits per heavy atom. The summed E-state index contributed by atoms with van der Waals surface area (Å²) < 4.78 is 10.9. The molecule has 3 N–H and O–H groups in total. The van der Waals surface area contributed by atoms with Gasteiger partial charge < -0.3 is 20.5 Å². The Kier molecular flexibility index (Phi) is 4.74. The molecule has 1 aromatic heterocycles. The molecule has 2 rings (SSSR count). The van der Waals surface area contributed by atoms with E-state index in [4.69, 9.17) is 26.8 Å². The monoisotopic (exact) mass is 300 g/mol. The van der Waals surface area contributed by atoms with E-state index < -0.39 is 5.91 Å². The molecule has 0 aromatic carbocycles. The highest BCUT2D eigenvalue weighted by Crippen LogP contribution is 2.25. The third-order valence-corrected chi connectivity index (χ3v) is 3.63. The number of rotatable bonds is 5. The van der Waals surface area contributed by atoms with Crippen LogP contribution in [0.15, 0.2) is 6.07 Å². The van der Waals surface area contributed by atoms with Crippen LogP contribution in [-0.2, 0) is 9.47 Å². The summed E-state index contributed by atoms with van der Waals surface area (Å²) in [5.41, 5.74) is 5.17. The standard InChI is InChI=1S/C12H17ClN4O3/c1-19-12(2-4-20-5-3-12)7-15-11-8(10(14)18)6-9(13)16-17-11/h6H,2-5,7H2,1H3,(H2,14,18)(H,15,17). The van der Waals surface area contributed by atoms with Crippen molar-refractivity contribution in [3.05, 3.63) is 16.8 Å². The number of ether oxygens (including phenoxy) is 2. The highest BCUT2D eigenvalue weighted by atomic mass is 35.5. The number of nitrogens with one attached hydrogen (secondary N) is 1. The molecule has 1 aliphatic heterocycles. The summed E-state index contributed by atoms with van der Waals surface area (Å²) in [7, 11) is 1.66. The van der Waals surface area contributed by atoms with Gasteiger partial charge in [-0.05, 0) is 6.07 Å². The normalized spacial score (nSPS) is 17.7. The predicted octanol–water partition coefficient (Wildman–Crippen LogP) is 0.836. The number of amides is 1. The Morgan fingerprint density at radius 1 is 1.55 bits per heavy atom. The fourth-order valence-corrected chi connectivity index (χ4v) is 2.27. The van der Waals surface area contributed by atoms with Crippen molar-refractivity contribution in [3.63, 3.8) is 0 Å². The first kappa shape index (κ1) is 15.0. The average Bonchev–Trinajstić information content (AvgIpc) is 2.47. The number of primary amides is 1. The third kappa shape index (κ3) is 3.36. The van der Waals surface area contributed by atoms with E-state index in [2.05, 4.69) is 15.5 Å². The fourth-order valence-electron chi connectivity index (χ4n) is 2.13. The first-order valence-corrected chi connectivity index (χ1v) is 6.64. The van der Waals surface area contributed by atoms with E-state index >= 15 is 0 Å². The zero-order chi connectivity index (χ0) is 14.6. The Morgan fingerprint density at radius 3 is 2.85 bits per heavy atom. The Bertz CT molecular complexity index is 492. The van der Waals surface area contributed by atoms with Gasteiger partial charge >= 0.3 is 0 Å². The molecule has 2 heterocycles. The number of hydrogen-bond acceptors (Lipinski definition) is 6. The van der Waals surface area contributed by atoms with Gasteiger partial charge in [0.25, 0.3) is 5.91 Å².